The molecule has 2 aromatic carbocycles. The number of nitrogens with zero attached hydrogens (tertiary/aromatic N) is 1. The number of thioether (sulfide) groups is 1. The van der Waals surface area contributed by atoms with Gasteiger partial charge in [-0.2, -0.15) is 0 Å². The molecule has 1 fully saturated rings. The zero-order valence-electron chi connectivity index (χ0n) is 15.1. The van der Waals surface area contributed by atoms with Crippen LogP contribution in [-0.4, -0.2) is 37.9 Å². The molecule has 2 aromatic rings. The molecule has 1 aliphatic heterocycles. The third-order valence-corrected chi connectivity index (χ3v) is 5.48. The summed E-state index contributed by atoms with van der Waals surface area (Å²) in [5.74, 6) is 0.181. The molecule has 1 aliphatic rings. The summed E-state index contributed by atoms with van der Waals surface area (Å²) < 4.78 is 43.3. The van der Waals surface area contributed by atoms with Crippen LogP contribution in [0.5, 0.6) is 17.2 Å². The molecule has 0 bridgehead atoms. The fraction of sp³-hybridized carbons (Fsp3) is 0.316. The van der Waals surface area contributed by atoms with Crippen molar-refractivity contribution in [2.24, 2.45) is 0 Å². The van der Waals surface area contributed by atoms with Crippen molar-refractivity contribution in [2.75, 3.05) is 27.1 Å². The van der Waals surface area contributed by atoms with E-state index in [2.05, 4.69) is 0 Å². The minimum absolute atomic E-state index is 0.0860. The fourth-order valence-electron chi connectivity index (χ4n) is 3.10. The monoisotopic (exact) mass is 395 g/mol. The molecule has 0 N–H and O–H groups in total. The first-order valence-electron chi connectivity index (χ1n) is 8.13. The van der Waals surface area contributed by atoms with Crippen LogP contribution in [0.2, 0.25) is 0 Å². The first-order valence-corrected chi connectivity index (χ1v) is 9.18. The highest BCUT2D eigenvalue weighted by Gasteiger charge is 2.36. The topological polar surface area (TPSA) is 48.0 Å². The lowest BCUT2D eigenvalue weighted by molar-refractivity contribution is -0.128. The summed E-state index contributed by atoms with van der Waals surface area (Å²) in [6, 6.07) is 6.79. The normalized spacial score (nSPS) is 16.6. The number of rotatable bonds is 6. The van der Waals surface area contributed by atoms with E-state index in [1.807, 2.05) is 0 Å². The average molecular weight is 395 g/mol. The Morgan fingerprint density at radius 2 is 1.70 bits per heavy atom. The summed E-state index contributed by atoms with van der Waals surface area (Å²) in [5.41, 5.74) is 1.11. The number of methoxy groups -OCH3 is 3. The molecule has 1 heterocycles. The minimum atomic E-state index is -0.676. The SMILES string of the molecule is COc1ccc(C2SCC(=O)N2Cc2cc(F)cc(F)c2)c(OC)c1OC. The van der Waals surface area contributed by atoms with Crippen LogP contribution in [0.4, 0.5) is 8.78 Å². The summed E-state index contributed by atoms with van der Waals surface area (Å²) in [7, 11) is 4.54. The van der Waals surface area contributed by atoms with Gasteiger partial charge in [0.15, 0.2) is 11.5 Å². The number of carbonyl (C=O) groups excluding carboxylic acids is 1. The van der Waals surface area contributed by atoms with Gasteiger partial charge in [-0.1, -0.05) is 0 Å². The van der Waals surface area contributed by atoms with E-state index in [1.165, 1.54) is 45.2 Å². The minimum Gasteiger partial charge on any atom is -0.493 e. The number of hydrogen-bond acceptors (Lipinski definition) is 5. The predicted octanol–water partition coefficient (Wildman–Crippen LogP) is 3.76. The molecule has 0 saturated carbocycles. The van der Waals surface area contributed by atoms with Crippen LogP contribution in [0, 0.1) is 11.6 Å². The average Bonchev–Trinajstić information content (AvgIpc) is 2.99. The number of benzene rings is 2. The molecule has 1 atom stereocenters. The van der Waals surface area contributed by atoms with Gasteiger partial charge < -0.3 is 19.1 Å². The van der Waals surface area contributed by atoms with E-state index >= 15 is 0 Å². The quantitative estimate of drug-likeness (QED) is 0.745. The molecule has 27 heavy (non-hydrogen) atoms. The Morgan fingerprint density at radius 3 is 2.30 bits per heavy atom. The van der Waals surface area contributed by atoms with Gasteiger partial charge in [0.1, 0.15) is 17.0 Å². The molecule has 0 radical (unpaired) electrons. The van der Waals surface area contributed by atoms with Gasteiger partial charge in [0, 0.05) is 18.2 Å². The second-order valence-corrected chi connectivity index (χ2v) is 6.95. The van der Waals surface area contributed by atoms with Gasteiger partial charge in [0.2, 0.25) is 11.7 Å². The number of carbonyl (C=O) groups is 1. The van der Waals surface area contributed by atoms with E-state index in [9.17, 15) is 13.6 Å². The van der Waals surface area contributed by atoms with E-state index in [4.69, 9.17) is 14.2 Å². The Labute approximate surface area is 160 Å². The summed E-state index contributed by atoms with van der Waals surface area (Å²) in [6.45, 7) is 0.0860. The maximum Gasteiger partial charge on any atom is 0.234 e. The molecular weight excluding hydrogens is 376 g/mol. The van der Waals surface area contributed by atoms with Crippen molar-refractivity contribution in [3.63, 3.8) is 0 Å². The van der Waals surface area contributed by atoms with Crippen LogP contribution >= 0.6 is 11.8 Å². The maximum absolute atomic E-state index is 13.5. The van der Waals surface area contributed by atoms with Crippen molar-refractivity contribution < 1.29 is 27.8 Å². The lowest BCUT2D eigenvalue weighted by Gasteiger charge is -2.26. The molecule has 144 valence electrons. The number of amides is 1. The Kier molecular flexibility index (Phi) is 5.74. The lowest BCUT2D eigenvalue weighted by atomic mass is 10.1. The van der Waals surface area contributed by atoms with E-state index in [0.717, 1.165) is 11.6 Å². The third-order valence-electron chi connectivity index (χ3n) is 4.24. The number of hydrogen-bond donors (Lipinski definition) is 0. The molecule has 8 heteroatoms. The first-order chi connectivity index (χ1) is 13.0. The second-order valence-electron chi connectivity index (χ2n) is 5.89. The lowest BCUT2D eigenvalue weighted by Crippen LogP contribution is -2.28. The fourth-order valence-corrected chi connectivity index (χ4v) is 4.30. The zero-order chi connectivity index (χ0) is 19.6. The molecule has 5 nitrogen and oxygen atoms in total. The zero-order valence-corrected chi connectivity index (χ0v) is 15.9. The van der Waals surface area contributed by atoms with Crippen molar-refractivity contribution in [1.29, 1.82) is 0 Å². The van der Waals surface area contributed by atoms with E-state index in [0.29, 0.717) is 22.8 Å². The molecular formula is C19H19F2NO4S. The third kappa shape index (κ3) is 3.80. The van der Waals surface area contributed by atoms with Gasteiger partial charge in [-0.25, -0.2) is 8.78 Å². The summed E-state index contributed by atoms with van der Waals surface area (Å²) >= 11 is 1.41. The van der Waals surface area contributed by atoms with E-state index in [1.54, 1.807) is 17.0 Å². The molecule has 1 unspecified atom stereocenters. The van der Waals surface area contributed by atoms with E-state index in [-0.39, 0.29) is 23.6 Å². The Morgan fingerprint density at radius 1 is 1.04 bits per heavy atom. The van der Waals surface area contributed by atoms with Gasteiger partial charge in [-0.15, -0.1) is 11.8 Å². The van der Waals surface area contributed by atoms with Crippen LogP contribution in [0.1, 0.15) is 16.5 Å². The first kappa shape index (κ1) is 19.3. The van der Waals surface area contributed by atoms with Crippen LogP contribution < -0.4 is 14.2 Å². The van der Waals surface area contributed by atoms with Gasteiger partial charge >= 0.3 is 0 Å². The molecule has 0 spiro atoms. The predicted molar refractivity (Wildman–Crippen MR) is 98.2 cm³/mol. The van der Waals surface area contributed by atoms with E-state index < -0.39 is 11.6 Å². The maximum atomic E-state index is 13.5. The number of halogens is 2. The molecule has 0 aliphatic carbocycles. The number of ether oxygens (including phenoxy) is 3. The van der Waals surface area contributed by atoms with Crippen molar-refractivity contribution >= 4 is 17.7 Å². The van der Waals surface area contributed by atoms with Crippen LogP contribution in [0.25, 0.3) is 0 Å². The second kappa shape index (κ2) is 8.04. The molecule has 1 amide bonds. The van der Waals surface area contributed by atoms with Crippen molar-refractivity contribution in [1.82, 2.24) is 4.90 Å². The standard InChI is InChI=1S/C19H19F2NO4S/c1-24-15-5-4-14(17(25-2)18(15)26-3)19-22(16(23)10-27-19)9-11-6-12(20)8-13(21)7-11/h4-8,19H,9-10H2,1-3H3. The molecule has 0 aromatic heterocycles. The summed E-state index contributed by atoms with van der Waals surface area (Å²) in [4.78, 5) is 14.0. The molecule has 3 rings (SSSR count). The van der Waals surface area contributed by atoms with Crippen molar-refractivity contribution in [3.05, 3.63) is 53.1 Å². The molecule has 1 saturated heterocycles. The highest BCUT2D eigenvalue weighted by atomic mass is 32.2. The largest absolute Gasteiger partial charge is 0.493 e. The summed E-state index contributed by atoms with van der Waals surface area (Å²) in [6.07, 6.45) is 0. The highest BCUT2D eigenvalue weighted by Crippen LogP contribution is 2.49. The van der Waals surface area contributed by atoms with Gasteiger partial charge in [-0.3, -0.25) is 4.79 Å². The van der Waals surface area contributed by atoms with Gasteiger partial charge in [-0.05, 0) is 29.8 Å². The Bertz CT molecular complexity index is 842. The Hall–Kier alpha value is -2.48. The smallest absolute Gasteiger partial charge is 0.234 e. The van der Waals surface area contributed by atoms with Crippen LogP contribution in [0.3, 0.4) is 0 Å². The van der Waals surface area contributed by atoms with Gasteiger partial charge in [0.25, 0.3) is 0 Å². The van der Waals surface area contributed by atoms with Crippen LogP contribution in [0.15, 0.2) is 30.3 Å². The Balaban J connectivity index is 1.99. The van der Waals surface area contributed by atoms with Crippen molar-refractivity contribution in [3.8, 4) is 17.2 Å². The van der Waals surface area contributed by atoms with Crippen LogP contribution in [-0.2, 0) is 11.3 Å². The van der Waals surface area contributed by atoms with Crippen molar-refractivity contribution in [2.45, 2.75) is 11.9 Å². The summed E-state index contributed by atoms with van der Waals surface area (Å²) in [5, 5.41) is -0.376. The van der Waals surface area contributed by atoms with Gasteiger partial charge in [0.05, 0.1) is 27.1 Å². The highest BCUT2D eigenvalue weighted by molar-refractivity contribution is 8.00.